The van der Waals surface area contributed by atoms with Crippen molar-refractivity contribution in [2.75, 3.05) is 11.9 Å². The number of rotatable bonds is 9. The highest BCUT2D eigenvalue weighted by Gasteiger charge is 2.54. The summed E-state index contributed by atoms with van der Waals surface area (Å²) in [4.78, 5) is 38.3. The minimum Gasteiger partial charge on any atom is -0.356 e. The van der Waals surface area contributed by atoms with Crippen molar-refractivity contribution in [3.8, 4) is 0 Å². The molecule has 4 aliphatic carbocycles. The summed E-state index contributed by atoms with van der Waals surface area (Å²) in [6, 6.07) is 16.7. The van der Waals surface area contributed by atoms with Gasteiger partial charge in [-0.25, -0.2) is 0 Å². The van der Waals surface area contributed by atoms with Gasteiger partial charge in [0, 0.05) is 24.9 Å². The Kier molecular flexibility index (Phi) is 6.89. The normalized spacial score (nSPS) is 26.2. The molecule has 3 amide bonds. The lowest BCUT2D eigenvalue weighted by Crippen LogP contribution is -2.53. The molecule has 4 aliphatic rings. The molecule has 4 bridgehead atoms. The second-order valence-electron chi connectivity index (χ2n) is 10.8. The molecular weight excluding hydrogens is 438 g/mol. The van der Waals surface area contributed by atoms with Crippen molar-refractivity contribution < 1.29 is 14.4 Å². The van der Waals surface area contributed by atoms with Crippen LogP contribution >= 0.6 is 0 Å². The highest BCUT2D eigenvalue weighted by atomic mass is 16.2. The maximum absolute atomic E-state index is 13.1. The predicted molar refractivity (Wildman–Crippen MR) is 136 cm³/mol. The molecule has 4 fully saturated rings. The van der Waals surface area contributed by atoms with E-state index in [2.05, 4.69) is 16.0 Å². The summed E-state index contributed by atoms with van der Waals surface area (Å²) >= 11 is 0. The minimum atomic E-state index is -0.229. The van der Waals surface area contributed by atoms with Crippen molar-refractivity contribution in [2.45, 2.75) is 57.9 Å². The number of hydrogen-bond acceptors (Lipinski definition) is 3. The number of anilines is 1. The number of carbonyl (C=O) groups excluding carboxylic acids is 3. The van der Waals surface area contributed by atoms with Crippen LogP contribution in [0.2, 0.25) is 0 Å². The zero-order valence-electron chi connectivity index (χ0n) is 20.2. The Morgan fingerprint density at radius 2 is 1.43 bits per heavy atom. The predicted octanol–water partition coefficient (Wildman–Crippen LogP) is 4.67. The monoisotopic (exact) mass is 473 g/mol. The average molecular weight is 474 g/mol. The van der Waals surface area contributed by atoms with E-state index in [0.717, 1.165) is 42.6 Å². The van der Waals surface area contributed by atoms with Gasteiger partial charge in [-0.2, -0.15) is 0 Å². The Morgan fingerprint density at radius 3 is 2.11 bits per heavy atom. The number of nitrogens with one attached hydrogen (secondary N) is 3. The van der Waals surface area contributed by atoms with Gasteiger partial charge >= 0.3 is 0 Å². The van der Waals surface area contributed by atoms with Gasteiger partial charge in [0.25, 0.3) is 5.91 Å². The first-order valence-electron chi connectivity index (χ1n) is 13.0. The fraction of sp³-hybridized carbons (Fsp3) is 0.483. The highest BCUT2D eigenvalue weighted by molar-refractivity contribution is 6.03. The van der Waals surface area contributed by atoms with E-state index in [1.54, 1.807) is 24.3 Å². The van der Waals surface area contributed by atoms with Crippen LogP contribution in [-0.2, 0) is 16.1 Å². The number of para-hydroxylation sites is 1. The maximum atomic E-state index is 13.1. The maximum Gasteiger partial charge on any atom is 0.253 e. The molecular formula is C29H35N3O3. The fourth-order valence-corrected chi connectivity index (χ4v) is 6.90. The molecule has 6 nitrogen and oxygen atoms in total. The third-order valence-corrected chi connectivity index (χ3v) is 8.13. The van der Waals surface area contributed by atoms with Gasteiger partial charge in [-0.1, -0.05) is 42.5 Å². The smallest absolute Gasteiger partial charge is 0.253 e. The fourth-order valence-electron chi connectivity index (χ4n) is 6.90. The van der Waals surface area contributed by atoms with Crippen LogP contribution < -0.4 is 16.0 Å². The Hall–Kier alpha value is -3.15. The Labute approximate surface area is 207 Å². The molecule has 184 valence electrons. The van der Waals surface area contributed by atoms with Gasteiger partial charge in [0.05, 0.1) is 11.3 Å². The zero-order valence-corrected chi connectivity index (χ0v) is 20.2. The van der Waals surface area contributed by atoms with Crippen LogP contribution in [0.3, 0.4) is 0 Å². The molecule has 0 unspecified atom stereocenters. The topological polar surface area (TPSA) is 87.3 Å². The SMILES string of the molecule is O=C(CCCNC(=O)C12CC3CC(CC(C3)C1)C2)Nc1ccccc1C(=O)NCc1ccccc1. The molecule has 4 saturated carbocycles. The lowest BCUT2D eigenvalue weighted by molar-refractivity contribution is -0.146. The molecule has 0 spiro atoms. The molecule has 0 saturated heterocycles. The first kappa shape index (κ1) is 23.6. The van der Waals surface area contributed by atoms with Gasteiger partial charge in [0.1, 0.15) is 0 Å². The van der Waals surface area contributed by atoms with Crippen molar-refractivity contribution in [2.24, 2.45) is 23.2 Å². The Bertz CT molecular complexity index is 1050. The van der Waals surface area contributed by atoms with Gasteiger partial charge < -0.3 is 16.0 Å². The number of amides is 3. The molecule has 0 atom stereocenters. The van der Waals surface area contributed by atoms with Crippen LogP contribution in [0, 0.1) is 23.2 Å². The second kappa shape index (κ2) is 10.2. The van der Waals surface area contributed by atoms with Gasteiger partial charge in [0.2, 0.25) is 11.8 Å². The number of benzene rings is 2. The van der Waals surface area contributed by atoms with E-state index in [1.807, 2.05) is 30.3 Å². The number of carbonyl (C=O) groups is 3. The van der Waals surface area contributed by atoms with Crippen LogP contribution in [0.1, 0.15) is 67.3 Å². The van der Waals surface area contributed by atoms with E-state index in [9.17, 15) is 14.4 Å². The largest absolute Gasteiger partial charge is 0.356 e. The molecule has 0 heterocycles. The van der Waals surface area contributed by atoms with Crippen LogP contribution in [0.4, 0.5) is 5.69 Å². The Morgan fingerprint density at radius 1 is 0.800 bits per heavy atom. The average Bonchev–Trinajstić information content (AvgIpc) is 2.85. The van der Waals surface area contributed by atoms with Crippen LogP contribution in [-0.4, -0.2) is 24.3 Å². The van der Waals surface area contributed by atoms with E-state index in [4.69, 9.17) is 0 Å². The minimum absolute atomic E-state index is 0.150. The van der Waals surface area contributed by atoms with Gasteiger partial charge in [-0.15, -0.1) is 0 Å². The summed E-state index contributed by atoms with van der Waals surface area (Å²) < 4.78 is 0. The molecule has 2 aromatic carbocycles. The molecule has 35 heavy (non-hydrogen) atoms. The molecule has 0 aliphatic heterocycles. The Balaban J connectivity index is 1.08. The zero-order chi connectivity index (χ0) is 24.3. The van der Waals surface area contributed by atoms with Crippen LogP contribution in [0.15, 0.2) is 54.6 Å². The summed E-state index contributed by atoms with van der Waals surface area (Å²) in [6.45, 7) is 0.929. The van der Waals surface area contributed by atoms with Crippen molar-refractivity contribution in [3.63, 3.8) is 0 Å². The summed E-state index contributed by atoms with van der Waals surface area (Å²) in [5.41, 5.74) is 1.80. The summed E-state index contributed by atoms with van der Waals surface area (Å²) in [5.74, 6) is 2.04. The molecule has 6 heteroatoms. The summed E-state index contributed by atoms with van der Waals surface area (Å²) in [7, 11) is 0. The van der Waals surface area contributed by atoms with E-state index in [1.165, 1.54) is 19.3 Å². The van der Waals surface area contributed by atoms with Crippen LogP contribution in [0.5, 0.6) is 0 Å². The molecule has 2 aromatic rings. The lowest BCUT2D eigenvalue weighted by atomic mass is 9.49. The third kappa shape index (κ3) is 5.42. The van der Waals surface area contributed by atoms with E-state index in [-0.39, 0.29) is 23.1 Å². The van der Waals surface area contributed by atoms with E-state index in [0.29, 0.717) is 37.2 Å². The van der Waals surface area contributed by atoms with Crippen molar-refractivity contribution >= 4 is 23.4 Å². The summed E-state index contributed by atoms with van der Waals surface area (Å²) in [6.07, 6.45) is 7.97. The van der Waals surface area contributed by atoms with Gasteiger partial charge in [0.15, 0.2) is 0 Å². The van der Waals surface area contributed by atoms with Crippen molar-refractivity contribution in [1.82, 2.24) is 10.6 Å². The van der Waals surface area contributed by atoms with Crippen molar-refractivity contribution in [1.29, 1.82) is 0 Å². The third-order valence-electron chi connectivity index (χ3n) is 8.13. The van der Waals surface area contributed by atoms with E-state index < -0.39 is 0 Å². The first-order valence-corrected chi connectivity index (χ1v) is 13.0. The van der Waals surface area contributed by atoms with Gasteiger partial charge in [-0.05, 0) is 80.4 Å². The molecule has 0 aromatic heterocycles. The van der Waals surface area contributed by atoms with Crippen molar-refractivity contribution in [3.05, 3.63) is 65.7 Å². The standard InChI is InChI=1S/C29H35N3O3/c33-26(11-6-12-30-28(35)29-16-21-13-22(17-29)15-23(14-21)18-29)32-25-10-5-4-9-24(25)27(34)31-19-20-7-2-1-3-8-20/h1-5,7-10,21-23H,6,11-19H2,(H,30,35)(H,31,34)(H,32,33). The summed E-state index contributed by atoms with van der Waals surface area (Å²) in [5, 5.41) is 8.92. The van der Waals surface area contributed by atoms with E-state index >= 15 is 0 Å². The second-order valence-corrected chi connectivity index (χ2v) is 10.8. The van der Waals surface area contributed by atoms with Crippen LogP contribution in [0.25, 0.3) is 0 Å². The molecule has 6 rings (SSSR count). The van der Waals surface area contributed by atoms with Gasteiger partial charge in [-0.3, -0.25) is 14.4 Å². The first-order chi connectivity index (χ1) is 17.0. The highest BCUT2D eigenvalue weighted by Crippen LogP contribution is 2.60. The number of hydrogen-bond donors (Lipinski definition) is 3. The molecule has 0 radical (unpaired) electrons. The molecule has 3 N–H and O–H groups in total. The lowest BCUT2D eigenvalue weighted by Gasteiger charge is -2.55. The quantitative estimate of drug-likeness (QED) is 0.463.